The van der Waals surface area contributed by atoms with Crippen molar-refractivity contribution < 1.29 is 39.1 Å². The SMILES string of the molecule is COc1cc([C@H]2CC(=O)c3c(cc(O)c(OC)c3O)O2)cc(O)c1OC. The molecular formula is C18H18O8. The Morgan fingerprint density at radius 2 is 1.62 bits per heavy atom. The number of ether oxygens (including phenoxy) is 4. The van der Waals surface area contributed by atoms with Crippen molar-refractivity contribution in [2.45, 2.75) is 12.5 Å². The van der Waals surface area contributed by atoms with Crippen LogP contribution in [0.3, 0.4) is 0 Å². The van der Waals surface area contributed by atoms with Gasteiger partial charge in [0, 0.05) is 11.6 Å². The third-order valence-electron chi connectivity index (χ3n) is 4.18. The number of methoxy groups -OCH3 is 3. The fourth-order valence-corrected chi connectivity index (χ4v) is 2.98. The van der Waals surface area contributed by atoms with Gasteiger partial charge in [0.05, 0.1) is 27.8 Å². The summed E-state index contributed by atoms with van der Waals surface area (Å²) in [5.41, 5.74) is 0.426. The third-order valence-corrected chi connectivity index (χ3v) is 4.18. The number of carbonyl (C=O) groups is 1. The zero-order valence-electron chi connectivity index (χ0n) is 14.4. The molecule has 1 heterocycles. The second-order valence-electron chi connectivity index (χ2n) is 5.66. The fourth-order valence-electron chi connectivity index (χ4n) is 2.98. The van der Waals surface area contributed by atoms with Crippen molar-refractivity contribution in [2.24, 2.45) is 0 Å². The molecule has 8 heteroatoms. The molecule has 1 aliphatic heterocycles. The molecule has 0 fully saturated rings. The topological polar surface area (TPSA) is 115 Å². The minimum atomic E-state index is -0.743. The summed E-state index contributed by atoms with van der Waals surface area (Å²) in [6.07, 6.45) is -0.823. The Labute approximate surface area is 149 Å². The summed E-state index contributed by atoms with van der Waals surface area (Å²) in [5.74, 6) is -1.10. The average Bonchev–Trinajstić information content (AvgIpc) is 2.60. The highest BCUT2D eigenvalue weighted by atomic mass is 16.5. The van der Waals surface area contributed by atoms with E-state index >= 15 is 0 Å². The Kier molecular flexibility index (Phi) is 4.41. The predicted molar refractivity (Wildman–Crippen MR) is 89.9 cm³/mol. The Hall–Kier alpha value is -3.29. The summed E-state index contributed by atoms with van der Waals surface area (Å²) in [6, 6.07) is 4.21. The van der Waals surface area contributed by atoms with Gasteiger partial charge in [-0.3, -0.25) is 4.79 Å². The molecule has 0 unspecified atom stereocenters. The number of aromatic hydroxyl groups is 3. The number of benzene rings is 2. The van der Waals surface area contributed by atoms with E-state index in [-0.39, 0.29) is 52.3 Å². The van der Waals surface area contributed by atoms with Gasteiger partial charge in [-0.15, -0.1) is 0 Å². The molecule has 3 rings (SSSR count). The summed E-state index contributed by atoms with van der Waals surface area (Å²) in [5, 5.41) is 30.2. The summed E-state index contributed by atoms with van der Waals surface area (Å²) >= 11 is 0. The van der Waals surface area contributed by atoms with Crippen LogP contribution in [-0.4, -0.2) is 42.4 Å². The van der Waals surface area contributed by atoms with Gasteiger partial charge in [-0.25, -0.2) is 0 Å². The van der Waals surface area contributed by atoms with Crippen LogP contribution in [0.2, 0.25) is 0 Å². The van der Waals surface area contributed by atoms with Gasteiger partial charge in [-0.2, -0.15) is 0 Å². The van der Waals surface area contributed by atoms with Gasteiger partial charge in [0.2, 0.25) is 11.5 Å². The minimum absolute atomic E-state index is 0.0244. The van der Waals surface area contributed by atoms with Gasteiger partial charge in [-0.05, 0) is 12.1 Å². The van der Waals surface area contributed by atoms with Crippen molar-refractivity contribution in [3.8, 4) is 40.2 Å². The van der Waals surface area contributed by atoms with E-state index in [2.05, 4.69) is 0 Å². The second kappa shape index (κ2) is 6.55. The van der Waals surface area contributed by atoms with Crippen molar-refractivity contribution >= 4 is 5.78 Å². The average molecular weight is 362 g/mol. The normalized spacial score (nSPS) is 15.8. The van der Waals surface area contributed by atoms with Gasteiger partial charge in [0.25, 0.3) is 0 Å². The van der Waals surface area contributed by atoms with Gasteiger partial charge < -0.3 is 34.3 Å². The lowest BCUT2D eigenvalue weighted by Gasteiger charge is -2.27. The summed E-state index contributed by atoms with van der Waals surface area (Å²) in [7, 11) is 4.09. The van der Waals surface area contributed by atoms with Crippen molar-refractivity contribution in [3.63, 3.8) is 0 Å². The molecule has 1 aliphatic rings. The molecule has 0 aromatic heterocycles. The number of phenolic OH excluding ortho intramolecular Hbond substituents is 3. The highest BCUT2D eigenvalue weighted by Gasteiger charge is 2.34. The number of hydrogen-bond donors (Lipinski definition) is 3. The van der Waals surface area contributed by atoms with Crippen LogP contribution in [0, 0.1) is 0 Å². The van der Waals surface area contributed by atoms with E-state index in [9.17, 15) is 20.1 Å². The number of phenols is 3. The highest BCUT2D eigenvalue weighted by molar-refractivity contribution is 6.03. The Morgan fingerprint density at radius 3 is 2.23 bits per heavy atom. The van der Waals surface area contributed by atoms with E-state index in [4.69, 9.17) is 18.9 Å². The maximum Gasteiger partial charge on any atom is 0.203 e. The molecule has 0 saturated heterocycles. The van der Waals surface area contributed by atoms with Crippen LogP contribution in [-0.2, 0) is 0 Å². The van der Waals surface area contributed by atoms with Gasteiger partial charge in [0.15, 0.2) is 28.8 Å². The molecule has 0 radical (unpaired) electrons. The maximum atomic E-state index is 12.5. The Morgan fingerprint density at radius 1 is 0.962 bits per heavy atom. The third kappa shape index (κ3) is 2.69. The molecular weight excluding hydrogens is 344 g/mol. The van der Waals surface area contributed by atoms with Crippen molar-refractivity contribution in [1.82, 2.24) is 0 Å². The first kappa shape index (κ1) is 17.5. The predicted octanol–water partition coefficient (Wildman–Crippen LogP) is 2.54. The number of ketones is 1. The zero-order chi connectivity index (χ0) is 19.0. The van der Waals surface area contributed by atoms with E-state index in [1.54, 1.807) is 6.07 Å². The largest absolute Gasteiger partial charge is 0.504 e. The van der Waals surface area contributed by atoms with Crippen molar-refractivity contribution in [2.75, 3.05) is 21.3 Å². The first-order chi connectivity index (χ1) is 12.4. The maximum absolute atomic E-state index is 12.5. The number of hydrogen-bond acceptors (Lipinski definition) is 8. The lowest BCUT2D eigenvalue weighted by Crippen LogP contribution is -2.20. The van der Waals surface area contributed by atoms with Gasteiger partial charge >= 0.3 is 0 Å². The number of rotatable bonds is 4. The van der Waals surface area contributed by atoms with Crippen LogP contribution < -0.4 is 18.9 Å². The standard InChI is InChI=1S/C18H18O8/c1-23-14-5-8(4-10(20)17(14)24-2)12-6-9(19)15-13(26-12)7-11(21)18(25-3)16(15)22/h4-5,7,12,20-22H,6H2,1-3H3/t12-/m1/s1. The number of Topliss-reactive ketones (excluding diaryl/α,β-unsaturated/α-hetero) is 1. The van der Waals surface area contributed by atoms with Crippen molar-refractivity contribution in [3.05, 3.63) is 29.3 Å². The van der Waals surface area contributed by atoms with E-state index in [1.807, 2.05) is 0 Å². The van der Waals surface area contributed by atoms with Crippen LogP contribution in [0.15, 0.2) is 18.2 Å². The molecule has 3 N–H and O–H groups in total. The molecule has 138 valence electrons. The monoisotopic (exact) mass is 362 g/mol. The molecule has 8 nitrogen and oxygen atoms in total. The van der Waals surface area contributed by atoms with E-state index in [0.29, 0.717) is 5.56 Å². The van der Waals surface area contributed by atoms with Gasteiger partial charge in [-0.1, -0.05) is 0 Å². The second-order valence-corrected chi connectivity index (χ2v) is 5.66. The molecule has 0 bridgehead atoms. The summed E-state index contributed by atoms with van der Waals surface area (Å²) in [6.45, 7) is 0. The van der Waals surface area contributed by atoms with Gasteiger partial charge in [0.1, 0.15) is 17.4 Å². The molecule has 2 aromatic rings. The Balaban J connectivity index is 2.05. The molecule has 26 heavy (non-hydrogen) atoms. The van der Waals surface area contributed by atoms with E-state index < -0.39 is 11.9 Å². The first-order valence-corrected chi connectivity index (χ1v) is 7.68. The van der Waals surface area contributed by atoms with Crippen LogP contribution in [0.4, 0.5) is 0 Å². The zero-order valence-corrected chi connectivity index (χ0v) is 14.4. The van der Waals surface area contributed by atoms with Crippen LogP contribution in [0.5, 0.6) is 40.2 Å². The van der Waals surface area contributed by atoms with E-state index in [1.165, 1.54) is 33.5 Å². The van der Waals surface area contributed by atoms with Crippen LogP contribution in [0.1, 0.15) is 28.4 Å². The lowest BCUT2D eigenvalue weighted by molar-refractivity contribution is 0.0842. The van der Waals surface area contributed by atoms with Crippen molar-refractivity contribution in [1.29, 1.82) is 0 Å². The van der Waals surface area contributed by atoms with Crippen LogP contribution in [0.25, 0.3) is 0 Å². The minimum Gasteiger partial charge on any atom is -0.504 e. The molecule has 0 saturated carbocycles. The van der Waals surface area contributed by atoms with Crippen LogP contribution >= 0.6 is 0 Å². The molecule has 2 aromatic carbocycles. The molecule has 0 spiro atoms. The smallest absolute Gasteiger partial charge is 0.203 e. The number of carbonyl (C=O) groups excluding carboxylic acids is 1. The lowest BCUT2D eigenvalue weighted by atomic mass is 9.94. The quantitative estimate of drug-likeness (QED) is 0.760. The Bertz CT molecular complexity index is 874. The first-order valence-electron chi connectivity index (χ1n) is 7.68. The molecule has 0 amide bonds. The van der Waals surface area contributed by atoms with E-state index in [0.717, 1.165) is 0 Å². The number of fused-ring (bicyclic) bond motifs is 1. The fraction of sp³-hybridized carbons (Fsp3) is 0.278. The summed E-state index contributed by atoms with van der Waals surface area (Å²) in [4.78, 5) is 12.5. The molecule has 1 atom stereocenters. The highest BCUT2D eigenvalue weighted by Crippen LogP contribution is 2.49. The molecule has 0 aliphatic carbocycles. The summed E-state index contributed by atoms with van der Waals surface area (Å²) < 4.78 is 20.9.